The molecule has 0 heterocycles. The topological polar surface area (TPSA) is 45.7 Å². The number of guanidine groups is 1. The number of halogens is 1. The number of ether oxygens (including phenoxy) is 1. The number of unbranched alkanes of at least 4 members (excludes halogenated alkanes) is 2. The Morgan fingerprint density at radius 1 is 1.09 bits per heavy atom. The monoisotopic (exact) mass is 437 g/mol. The Kier molecular flexibility index (Phi) is 15.1. The van der Waals surface area contributed by atoms with Gasteiger partial charge in [0.15, 0.2) is 5.96 Å². The lowest BCUT2D eigenvalue weighted by Crippen LogP contribution is -2.38. The first-order valence-corrected chi connectivity index (χ1v) is 8.46. The van der Waals surface area contributed by atoms with E-state index in [0.717, 1.165) is 44.3 Å². The predicted molar refractivity (Wildman–Crippen MR) is 108 cm³/mol. The van der Waals surface area contributed by atoms with Crippen LogP contribution in [0.4, 0.5) is 0 Å². The van der Waals surface area contributed by atoms with Gasteiger partial charge in [0.1, 0.15) is 0 Å². The van der Waals surface area contributed by atoms with Crippen molar-refractivity contribution in [1.29, 1.82) is 0 Å². The predicted octanol–water partition coefficient (Wildman–Crippen LogP) is 3.38. The van der Waals surface area contributed by atoms with Crippen molar-refractivity contribution in [2.24, 2.45) is 4.99 Å². The summed E-state index contributed by atoms with van der Waals surface area (Å²) in [5.41, 5.74) is 0. The number of hydrogen-bond donors (Lipinski definition) is 2. The minimum atomic E-state index is 0. The van der Waals surface area contributed by atoms with Crippen molar-refractivity contribution in [3.05, 3.63) is 30.3 Å². The Balaban J connectivity index is 0.00000441. The van der Waals surface area contributed by atoms with Gasteiger partial charge in [-0.3, -0.25) is 4.99 Å². The number of rotatable bonds is 10. The molecule has 0 bridgehead atoms. The lowest BCUT2D eigenvalue weighted by Gasteiger charge is -2.11. The molecule has 1 aromatic rings. The molecule has 0 fully saturated rings. The summed E-state index contributed by atoms with van der Waals surface area (Å²) >= 11 is 1.85. The molecule has 126 valence electrons. The molecular formula is C16H28IN3OS. The fourth-order valence-electron chi connectivity index (χ4n) is 1.83. The van der Waals surface area contributed by atoms with E-state index >= 15 is 0 Å². The lowest BCUT2D eigenvalue weighted by atomic mass is 10.2. The minimum absolute atomic E-state index is 0. The van der Waals surface area contributed by atoms with Gasteiger partial charge < -0.3 is 15.4 Å². The van der Waals surface area contributed by atoms with Crippen molar-refractivity contribution in [2.75, 3.05) is 39.6 Å². The van der Waals surface area contributed by atoms with E-state index in [1.54, 1.807) is 7.11 Å². The third-order valence-electron chi connectivity index (χ3n) is 2.95. The van der Waals surface area contributed by atoms with Crippen molar-refractivity contribution in [3.63, 3.8) is 0 Å². The number of benzene rings is 1. The van der Waals surface area contributed by atoms with Crippen LogP contribution in [-0.4, -0.2) is 45.6 Å². The van der Waals surface area contributed by atoms with E-state index in [0.29, 0.717) is 0 Å². The summed E-state index contributed by atoms with van der Waals surface area (Å²) in [5.74, 6) is 1.91. The van der Waals surface area contributed by atoms with Crippen LogP contribution < -0.4 is 10.6 Å². The zero-order valence-corrected chi connectivity index (χ0v) is 16.7. The number of thioether (sulfide) groups is 1. The summed E-state index contributed by atoms with van der Waals surface area (Å²) in [6.45, 7) is 2.71. The van der Waals surface area contributed by atoms with E-state index in [-0.39, 0.29) is 24.0 Å². The van der Waals surface area contributed by atoms with E-state index in [1.807, 2.05) is 24.9 Å². The van der Waals surface area contributed by atoms with Gasteiger partial charge >= 0.3 is 0 Å². The maximum Gasteiger partial charge on any atom is 0.191 e. The van der Waals surface area contributed by atoms with Crippen molar-refractivity contribution < 1.29 is 4.74 Å². The molecule has 0 aliphatic carbocycles. The molecule has 2 N–H and O–H groups in total. The molecule has 4 nitrogen and oxygen atoms in total. The third kappa shape index (κ3) is 11.1. The molecule has 0 spiro atoms. The van der Waals surface area contributed by atoms with Crippen LogP contribution in [0.3, 0.4) is 0 Å². The molecule has 0 saturated heterocycles. The SMILES string of the molecule is CN=C(NCCCCCOC)NCCSc1ccccc1.I. The van der Waals surface area contributed by atoms with Gasteiger partial charge in [0.05, 0.1) is 0 Å². The molecule has 0 aliphatic heterocycles. The smallest absolute Gasteiger partial charge is 0.191 e. The lowest BCUT2D eigenvalue weighted by molar-refractivity contribution is 0.192. The van der Waals surface area contributed by atoms with Crippen LogP contribution >= 0.6 is 35.7 Å². The van der Waals surface area contributed by atoms with Crippen molar-refractivity contribution in [2.45, 2.75) is 24.2 Å². The highest BCUT2D eigenvalue weighted by molar-refractivity contribution is 14.0. The average Bonchev–Trinajstić information content (AvgIpc) is 2.53. The first-order valence-electron chi connectivity index (χ1n) is 7.48. The van der Waals surface area contributed by atoms with Crippen molar-refractivity contribution in [1.82, 2.24) is 10.6 Å². The van der Waals surface area contributed by atoms with Crippen LogP contribution in [0.2, 0.25) is 0 Å². The second-order valence-electron chi connectivity index (χ2n) is 4.64. The van der Waals surface area contributed by atoms with Crippen molar-refractivity contribution >= 4 is 41.7 Å². The van der Waals surface area contributed by atoms with Gasteiger partial charge in [-0.25, -0.2) is 0 Å². The largest absolute Gasteiger partial charge is 0.385 e. The Morgan fingerprint density at radius 3 is 2.50 bits per heavy atom. The molecule has 0 atom stereocenters. The van der Waals surface area contributed by atoms with Crippen LogP contribution in [0.25, 0.3) is 0 Å². The standard InChI is InChI=1S/C16H27N3OS.HI/c1-17-16(18-11-7-4-8-13-20-2)19-12-14-21-15-9-5-3-6-10-15;/h3,5-6,9-10H,4,7-8,11-14H2,1-2H3,(H2,17,18,19);1H. The summed E-state index contributed by atoms with van der Waals surface area (Å²) in [7, 11) is 3.56. The van der Waals surface area contributed by atoms with Crippen LogP contribution in [0.5, 0.6) is 0 Å². The van der Waals surface area contributed by atoms with E-state index in [9.17, 15) is 0 Å². The molecule has 0 saturated carbocycles. The molecule has 22 heavy (non-hydrogen) atoms. The summed E-state index contributed by atoms with van der Waals surface area (Å²) < 4.78 is 5.03. The Bertz CT molecular complexity index is 390. The average molecular weight is 437 g/mol. The second-order valence-corrected chi connectivity index (χ2v) is 5.81. The molecule has 1 rings (SSSR count). The van der Waals surface area contributed by atoms with Crippen molar-refractivity contribution in [3.8, 4) is 0 Å². The summed E-state index contributed by atoms with van der Waals surface area (Å²) in [6, 6.07) is 10.5. The third-order valence-corrected chi connectivity index (χ3v) is 3.96. The highest BCUT2D eigenvalue weighted by Crippen LogP contribution is 2.15. The van der Waals surface area contributed by atoms with Crippen LogP contribution in [-0.2, 0) is 4.74 Å². The Morgan fingerprint density at radius 2 is 1.82 bits per heavy atom. The van der Waals surface area contributed by atoms with E-state index < -0.39 is 0 Å². The van der Waals surface area contributed by atoms with Crippen LogP contribution in [0.1, 0.15) is 19.3 Å². The fourth-order valence-corrected chi connectivity index (χ4v) is 2.62. The van der Waals surface area contributed by atoms with E-state index in [2.05, 4.69) is 39.9 Å². The second kappa shape index (κ2) is 15.4. The zero-order valence-electron chi connectivity index (χ0n) is 13.5. The molecule has 0 radical (unpaired) electrons. The number of nitrogens with one attached hydrogen (secondary N) is 2. The normalized spacial score (nSPS) is 10.9. The highest BCUT2D eigenvalue weighted by Gasteiger charge is 1.97. The minimum Gasteiger partial charge on any atom is -0.385 e. The van der Waals surface area contributed by atoms with Gasteiger partial charge in [0, 0.05) is 44.5 Å². The summed E-state index contributed by atoms with van der Waals surface area (Å²) in [5, 5.41) is 6.67. The van der Waals surface area contributed by atoms with E-state index in [4.69, 9.17) is 4.74 Å². The number of hydrogen-bond acceptors (Lipinski definition) is 3. The molecule has 0 aromatic heterocycles. The molecule has 0 unspecified atom stereocenters. The maximum atomic E-state index is 5.03. The quantitative estimate of drug-likeness (QED) is 0.194. The fraction of sp³-hybridized carbons (Fsp3) is 0.562. The Labute approximate surface area is 155 Å². The van der Waals surface area contributed by atoms with Crippen LogP contribution in [0.15, 0.2) is 40.2 Å². The number of aliphatic imine (C=N–C) groups is 1. The first-order chi connectivity index (χ1) is 10.4. The highest BCUT2D eigenvalue weighted by atomic mass is 127. The van der Waals surface area contributed by atoms with E-state index in [1.165, 1.54) is 11.3 Å². The number of methoxy groups -OCH3 is 1. The first kappa shape index (κ1) is 21.5. The Hall–Kier alpha value is -0.470. The van der Waals surface area contributed by atoms with Gasteiger partial charge in [-0.15, -0.1) is 35.7 Å². The molecule has 0 aliphatic rings. The molecule has 6 heteroatoms. The van der Waals surface area contributed by atoms with Gasteiger partial charge in [-0.05, 0) is 31.4 Å². The molecule has 0 amide bonds. The zero-order chi connectivity index (χ0) is 15.2. The van der Waals surface area contributed by atoms with Gasteiger partial charge in [0.2, 0.25) is 0 Å². The molecular weight excluding hydrogens is 409 g/mol. The van der Waals surface area contributed by atoms with Gasteiger partial charge in [-0.2, -0.15) is 0 Å². The number of nitrogens with zero attached hydrogens (tertiary/aromatic N) is 1. The maximum absolute atomic E-state index is 5.03. The van der Waals surface area contributed by atoms with Gasteiger partial charge in [-0.1, -0.05) is 18.2 Å². The van der Waals surface area contributed by atoms with Gasteiger partial charge in [0.25, 0.3) is 0 Å². The van der Waals surface area contributed by atoms with Crippen LogP contribution in [0, 0.1) is 0 Å². The molecule has 1 aromatic carbocycles. The summed E-state index contributed by atoms with van der Waals surface area (Å²) in [6.07, 6.45) is 3.45. The summed E-state index contributed by atoms with van der Waals surface area (Å²) in [4.78, 5) is 5.53.